The van der Waals surface area contributed by atoms with Gasteiger partial charge in [0.05, 0.1) is 18.1 Å². The minimum Gasteiger partial charge on any atom is -0.492 e. The van der Waals surface area contributed by atoms with Crippen molar-refractivity contribution < 1.29 is 23.5 Å². The number of carbonyl (C=O) groups is 2. The van der Waals surface area contributed by atoms with Crippen molar-refractivity contribution in [2.45, 2.75) is 61.8 Å². The number of benzene rings is 2. The minimum absolute atomic E-state index is 0.133. The predicted octanol–water partition coefficient (Wildman–Crippen LogP) is 7.32. The lowest BCUT2D eigenvalue weighted by Crippen LogP contribution is -2.28. The first-order valence-corrected chi connectivity index (χ1v) is 14.6. The zero-order valence-corrected chi connectivity index (χ0v) is 26.3. The van der Waals surface area contributed by atoms with Gasteiger partial charge < -0.3 is 18.8 Å². The van der Waals surface area contributed by atoms with Crippen LogP contribution in [-0.4, -0.2) is 56.3 Å². The molecule has 0 amide bonds. The molecule has 0 saturated carbocycles. The Balaban J connectivity index is 0.00000181. The molecular weight excluding hydrogens is 510 g/mol. The molecule has 0 unspecified atom stereocenters. The van der Waals surface area contributed by atoms with Crippen molar-refractivity contribution in [1.29, 1.82) is 0 Å². The first-order valence-electron chi connectivity index (χ1n) is 13.7. The molecule has 0 spiro atoms. The molecule has 6 nitrogen and oxygen atoms in total. The van der Waals surface area contributed by atoms with Crippen molar-refractivity contribution >= 4 is 35.4 Å². The second-order valence-electron chi connectivity index (χ2n) is 9.59. The third-order valence-corrected chi connectivity index (χ3v) is 6.51. The zero-order valence-electron chi connectivity index (χ0n) is 25.4. The molecule has 0 aliphatic carbocycles. The van der Waals surface area contributed by atoms with Crippen LogP contribution in [0.15, 0.2) is 40.8 Å². The smallest absolute Gasteiger partial charge is 0.311 e. The number of esters is 1. The van der Waals surface area contributed by atoms with Gasteiger partial charge in [0.15, 0.2) is 5.78 Å². The molecule has 7 heteroatoms. The summed E-state index contributed by atoms with van der Waals surface area (Å²) in [5.41, 5.74) is 2.67. The number of rotatable bonds is 11. The molecule has 0 saturated heterocycles. The highest BCUT2D eigenvalue weighted by atomic mass is 32.1. The predicted molar refractivity (Wildman–Crippen MR) is 165 cm³/mol. The van der Waals surface area contributed by atoms with Crippen molar-refractivity contribution in [2.75, 3.05) is 39.6 Å². The average molecular weight is 558 g/mol. The SMILES string of the molecule is CC.CCN(CC)CCOc1c(C)cc(C(=O)c2c(CC(C)(C)C(=O)OC)oc3ccccc23)cc1C.CS. The lowest BCUT2D eigenvalue weighted by molar-refractivity contribution is -0.150. The van der Waals surface area contributed by atoms with Crippen LogP contribution in [0.1, 0.15) is 74.4 Å². The maximum Gasteiger partial charge on any atom is 0.311 e. The molecule has 3 rings (SSSR count). The second-order valence-corrected chi connectivity index (χ2v) is 9.59. The number of thiol groups is 1. The number of aryl methyl sites for hydroxylation is 2. The summed E-state index contributed by atoms with van der Waals surface area (Å²) in [6.45, 7) is 19.2. The van der Waals surface area contributed by atoms with E-state index in [2.05, 4.69) is 31.4 Å². The van der Waals surface area contributed by atoms with Crippen LogP contribution < -0.4 is 4.74 Å². The quantitative estimate of drug-likeness (QED) is 0.151. The summed E-state index contributed by atoms with van der Waals surface area (Å²) in [5.74, 6) is 0.819. The number of methoxy groups -OCH3 is 1. The Morgan fingerprint density at radius 3 is 2.10 bits per heavy atom. The monoisotopic (exact) mass is 557 g/mol. The number of para-hydroxylation sites is 1. The van der Waals surface area contributed by atoms with E-state index in [1.807, 2.05) is 64.1 Å². The Hall–Kier alpha value is -2.77. The lowest BCUT2D eigenvalue weighted by Gasteiger charge is -2.21. The van der Waals surface area contributed by atoms with Gasteiger partial charge in [-0.2, -0.15) is 12.6 Å². The van der Waals surface area contributed by atoms with Gasteiger partial charge in [-0.15, -0.1) is 0 Å². The fourth-order valence-corrected chi connectivity index (χ4v) is 4.49. The van der Waals surface area contributed by atoms with Crippen LogP contribution in [0.3, 0.4) is 0 Å². The number of likely N-dealkylation sites (N-methyl/N-ethyl adjacent to an activating group) is 1. The van der Waals surface area contributed by atoms with Gasteiger partial charge in [0, 0.05) is 23.9 Å². The van der Waals surface area contributed by atoms with Gasteiger partial charge >= 0.3 is 5.97 Å². The van der Waals surface area contributed by atoms with Crippen molar-refractivity contribution in [3.05, 3.63) is 64.4 Å². The highest BCUT2D eigenvalue weighted by Crippen LogP contribution is 2.34. The first-order chi connectivity index (χ1) is 18.6. The van der Waals surface area contributed by atoms with E-state index in [1.165, 1.54) is 7.11 Å². The molecule has 1 aromatic heterocycles. The third-order valence-electron chi connectivity index (χ3n) is 6.51. The number of hydrogen-bond acceptors (Lipinski definition) is 7. The largest absolute Gasteiger partial charge is 0.492 e. The van der Waals surface area contributed by atoms with Crippen LogP contribution in [0.4, 0.5) is 0 Å². The van der Waals surface area contributed by atoms with Gasteiger partial charge in [0.1, 0.15) is 23.7 Å². The van der Waals surface area contributed by atoms with Crippen LogP contribution in [0, 0.1) is 19.3 Å². The topological polar surface area (TPSA) is 69.0 Å². The molecule has 0 fully saturated rings. The Kier molecular flexibility index (Phi) is 14.4. The Morgan fingerprint density at radius 1 is 1.00 bits per heavy atom. The van der Waals surface area contributed by atoms with Gasteiger partial charge in [0.25, 0.3) is 0 Å². The fourth-order valence-electron chi connectivity index (χ4n) is 4.49. The number of ketones is 1. The van der Waals surface area contributed by atoms with Crippen LogP contribution in [0.25, 0.3) is 11.0 Å². The number of furan rings is 1. The van der Waals surface area contributed by atoms with E-state index in [0.29, 0.717) is 29.1 Å². The van der Waals surface area contributed by atoms with Crippen molar-refractivity contribution in [3.63, 3.8) is 0 Å². The maximum absolute atomic E-state index is 13.8. The van der Waals surface area contributed by atoms with E-state index in [0.717, 1.165) is 41.9 Å². The summed E-state index contributed by atoms with van der Waals surface area (Å²) < 4.78 is 17.2. The van der Waals surface area contributed by atoms with E-state index in [1.54, 1.807) is 20.1 Å². The van der Waals surface area contributed by atoms with Crippen molar-refractivity contribution in [2.24, 2.45) is 5.41 Å². The van der Waals surface area contributed by atoms with E-state index >= 15 is 0 Å². The van der Waals surface area contributed by atoms with Crippen LogP contribution in [0.2, 0.25) is 0 Å². The fraction of sp³-hybridized carbons (Fsp3) is 0.500. The number of fused-ring (bicyclic) bond motifs is 1. The van der Waals surface area contributed by atoms with Gasteiger partial charge in [-0.05, 0) is 76.4 Å². The summed E-state index contributed by atoms with van der Waals surface area (Å²) in [7, 11) is 1.37. The molecule has 0 aliphatic rings. The van der Waals surface area contributed by atoms with E-state index < -0.39 is 5.41 Å². The van der Waals surface area contributed by atoms with Crippen molar-refractivity contribution in [3.8, 4) is 5.75 Å². The molecule has 0 bridgehead atoms. The summed E-state index contributed by atoms with van der Waals surface area (Å²) in [6.07, 6.45) is 1.94. The molecule has 216 valence electrons. The van der Waals surface area contributed by atoms with Crippen LogP contribution >= 0.6 is 12.6 Å². The molecule has 2 aromatic carbocycles. The van der Waals surface area contributed by atoms with Gasteiger partial charge in [-0.1, -0.05) is 45.9 Å². The van der Waals surface area contributed by atoms with Crippen LogP contribution in [0.5, 0.6) is 5.75 Å². The summed E-state index contributed by atoms with van der Waals surface area (Å²) in [5, 5.41) is 0.739. The molecule has 3 aromatic rings. The van der Waals surface area contributed by atoms with Gasteiger partial charge in [-0.3, -0.25) is 9.59 Å². The Morgan fingerprint density at radius 2 is 1.56 bits per heavy atom. The standard InChI is InChI=1S/C29H37NO5.C2H6.CH4S/c1-8-30(9-2)14-15-34-27-19(3)16-21(17-20(27)4)26(31)25-22-12-10-11-13-23(22)35-24(25)18-29(5,6)28(32)33-7;2*1-2/h10-13,16-17H,8-9,14-15,18H2,1-7H3;1-2H3;2H,1H3. The maximum atomic E-state index is 13.8. The highest BCUT2D eigenvalue weighted by molar-refractivity contribution is 7.79. The first kappa shape index (κ1) is 34.3. The number of carbonyl (C=O) groups excluding carboxylic acids is 2. The summed E-state index contributed by atoms with van der Waals surface area (Å²) >= 11 is 3.53. The minimum atomic E-state index is -0.841. The number of nitrogens with zero attached hydrogens (tertiary/aromatic N) is 1. The van der Waals surface area contributed by atoms with Gasteiger partial charge in [-0.25, -0.2) is 0 Å². The highest BCUT2D eigenvalue weighted by Gasteiger charge is 2.34. The molecular formula is C32H47NO5S. The normalized spacial score (nSPS) is 10.9. The number of hydrogen-bond donors (Lipinski definition) is 1. The molecule has 0 aliphatic heterocycles. The van der Waals surface area contributed by atoms with Crippen molar-refractivity contribution in [1.82, 2.24) is 4.90 Å². The lowest BCUT2D eigenvalue weighted by atomic mass is 9.85. The summed E-state index contributed by atoms with van der Waals surface area (Å²) in [6, 6.07) is 11.2. The van der Waals surface area contributed by atoms with E-state index in [4.69, 9.17) is 13.9 Å². The average Bonchev–Trinajstić information content (AvgIpc) is 3.30. The zero-order chi connectivity index (χ0) is 29.8. The molecule has 1 heterocycles. The Labute approximate surface area is 240 Å². The number of ether oxygens (including phenoxy) is 2. The molecule has 0 atom stereocenters. The van der Waals surface area contributed by atoms with Crippen LogP contribution in [-0.2, 0) is 16.0 Å². The van der Waals surface area contributed by atoms with E-state index in [-0.39, 0.29) is 18.2 Å². The van der Waals surface area contributed by atoms with E-state index in [9.17, 15) is 9.59 Å². The molecule has 0 N–H and O–H groups in total. The third kappa shape index (κ3) is 8.61. The van der Waals surface area contributed by atoms with Gasteiger partial charge in [0.2, 0.25) is 0 Å². The second kappa shape index (κ2) is 16.4. The molecule has 39 heavy (non-hydrogen) atoms. The Bertz CT molecular complexity index is 1190. The summed E-state index contributed by atoms with van der Waals surface area (Å²) in [4.78, 5) is 28.5. The molecule has 0 radical (unpaired) electrons.